The molecule has 33 heavy (non-hydrogen) atoms. The van der Waals surface area contributed by atoms with Crippen molar-refractivity contribution in [3.05, 3.63) is 100 Å². The maximum atomic E-state index is 12.5. The first-order chi connectivity index (χ1) is 16.1. The highest BCUT2D eigenvalue weighted by atomic mass is 16.6. The maximum absolute atomic E-state index is 12.5. The van der Waals surface area contributed by atoms with E-state index in [1.165, 1.54) is 12.1 Å². The number of ether oxygens (including phenoxy) is 2. The van der Waals surface area contributed by atoms with Gasteiger partial charge in [-0.3, -0.25) is 14.9 Å². The lowest BCUT2D eigenvalue weighted by molar-refractivity contribution is -0.385. The van der Waals surface area contributed by atoms with Crippen LogP contribution in [0.4, 0.5) is 5.69 Å². The molecule has 0 saturated heterocycles. The van der Waals surface area contributed by atoms with Crippen LogP contribution in [0, 0.1) is 10.1 Å². The summed E-state index contributed by atoms with van der Waals surface area (Å²) in [6.07, 6.45) is 1.95. The van der Waals surface area contributed by atoms with Crippen LogP contribution in [0.25, 0.3) is 10.9 Å². The van der Waals surface area contributed by atoms with Crippen LogP contribution in [0.1, 0.15) is 17.0 Å². The maximum Gasteiger partial charge on any atom is 0.310 e. The standard InChI is InChI=1S/C25H23N3O5/c1-32-18-12-10-17(11-13-18)20(21-15-26-22-7-3-2-6-19(21)22)14-27-25(29)16-33-24-9-5-4-8-23(24)28(30)31/h2-13,15,20,26H,14,16H2,1H3,(H,27,29). The number of carbonyl (C=O) groups excluding carboxylic acids is 1. The number of hydrogen-bond acceptors (Lipinski definition) is 5. The molecule has 4 rings (SSSR count). The van der Waals surface area contributed by atoms with Crippen LogP contribution in [0.3, 0.4) is 0 Å². The van der Waals surface area contributed by atoms with Crippen molar-refractivity contribution in [1.82, 2.24) is 10.3 Å². The van der Waals surface area contributed by atoms with Gasteiger partial charge in [-0.1, -0.05) is 42.5 Å². The van der Waals surface area contributed by atoms with Crippen LogP contribution in [-0.2, 0) is 4.79 Å². The number of aromatic amines is 1. The normalized spacial score (nSPS) is 11.7. The molecule has 0 fully saturated rings. The highest BCUT2D eigenvalue weighted by molar-refractivity contribution is 5.84. The number of nitrogens with zero attached hydrogens (tertiary/aromatic N) is 1. The Morgan fingerprint density at radius 3 is 2.55 bits per heavy atom. The van der Waals surface area contributed by atoms with Gasteiger partial charge in [-0.05, 0) is 35.4 Å². The summed E-state index contributed by atoms with van der Waals surface area (Å²) in [5, 5.41) is 15.1. The van der Waals surface area contributed by atoms with E-state index in [-0.39, 0.29) is 29.9 Å². The van der Waals surface area contributed by atoms with Crippen molar-refractivity contribution >= 4 is 22.5 Å². The lowest BCUT2D eigenvalue weighted by atomic mass is 9.91. The molecule has 0 radical (unpaired) electrons. The second-order valence-electron chi connectivity index (χ2n) is 7.43. The first-order valence-corrected chi connectivity index (χ1v) is 10.4. The van der Waals surface area contributed by atoms with Crippen molar-refractivity contribution in [3.63, 3.8) is 0 Å². The molecule has 0 bridgehead atoms. The van der Waals surface area contributed by atoms with Crippen molar-refractivity contribution in [1.29, 1.82) is 0 Å². The van der Waals surface area contributed by atoms with Gasteiger partial charge in [0, 0.05) is 35.6 Å². The number of nitro groups is 1. The summed E-state index contributed by atoms with van der Waals surface area (Å²) in [4.78, 5) is 26.4. The Hall–Kier alpha value is -4.33. The molecule has 4 aromatic rings. The second kappa shape index (κ2) is 9.86. The number of benzene rings is 3. The third kappa shape index (κ3) is 4.95. The van der Waals surface area contributed by atoms with Crippen LogP contribution < -0.4 is 14.8 Å². The summed E-state index contributed by atoms with van der Waals surface area (Å²) in [5.74, 6) is 0.313. The molecule has 1 unspecified atom stereocenters. The van der Waals surface area contributed by atoms with E-state index >= 15 is 0 Å². The molecule has 0 aliphatic rings. The zero-order chi connectivity index (χ0) is 23.2. The van der Waals surface area contributed by atoms with Gasteiger partial charge in [0.2, 0.25) is 0 Å². The fraction of sp³-hybridized carbons (Fsp3) is 0.160. The fourth-order valence-electron chi connectivity index (χ4n) is 3.77. The van der Waals surface area contributed by atoms with Crippen molar-refractivity contribution < 1.29 is 19.2 Å². The number of carbonyl (C=O) groups is 1. The van der Waals surface area contributed by atoms with Crippen LogP contribution in [0.15, 0.2) is 79.0 Å². The second-order valence-corrected chi connectivity index (χ2v) is 7.43. The number of aromatic nitrogens is 1. The van der Waals surface area contributed by atoms with Crippen molar-refractivity contribution in [3.8, 4) is 11.5 Å². The van der Waals surface area contributed by atoms with Crippen molar-refractivity contribution in [2.45, 2.75) is 5.92 Å². The van der Waals surface area contributed by atoms with Gasteiger partial charge in [0.15, 0.2) is 12.4 Å². The van der Waals surface area contributed by atoms with Crippen LogP contribution in [0.2, 0.25) is 0 Å². The summed E-state index contributed by atoms with van der Waals surface area (Å²) < 4.78 is 10.7. The molecule has 8 heteroatoms. The van der Waals surface area contributed by atoms with Gasteiger partial charge in [-0.15, -0.1) is 0 Å². The topological polar surface area (TPSA) is 106 Å². The van der Waals surface area contributed by atoms with Crippen LogP contribution >= 0.6 is 0 Å². The number of rotatable bonds is 9. The van der Waals surface area contributed by atoms with E-state index in [1.54, 1.807) is 19.2 Å². The Morgan fingerprint density at radius 2 is 1.79 bits per heavy atom. The minimum absolute atomic E-state index is 0.0565. The molecule has 1 amide bonds. The summed E-state index contributed by atoms with van der Waals surface area (Å²) in [7, 11) is 1.61. The number of H-pyrrole nitrogens is 1. The monoisotopic (exact) mass is 445 g/mol. The first-order valence-electron chi connectivity index (χ1n) is 10.4. The molecular weight excluding hydrogens is 422 g/mol. The highest BCUT2D eigenvalue weighted by Crippen LogP contribution is 2.31. The van der Waals surface area contributed by atoms with Gasteiger partial charge < -0.3 is 19.8 Å². The predicted octanol–water partition coefficient (Wildman–Crippen LogP) is 4.41. The molecule has 1 aromatic heterocycles. The third-order valence-corrected chi connectivity index (χ3v) is 5.44. The largest absolute Gasteiger partial charge is 0.497 e. The number of methoxy groups -OCH3 is 1. The van der Waals surface area contributed by atoms with E-state index in [9.17, 15) is 14.9 Å². The van der Waals surface area contributed by atoms with Gasteiger partial charge in [0.25, 0.3) is 5.91 Å². The molecule has 1 heterocycles. The number of nitro benzene ring substituents is 1. The Labute approximate surface area is 190 Å². The average Bonchev–Trinajstić information content (AvgIpc) is 3.27. The number of nitrogens with one attached hydrogen (secondary N) is 2. The molecule has 0 saturated carbocycles. The zero-order valence-corrected chi connectivity index (χ0v) is 18.0. The Balaban J connectivity index is 1.51. The summed E-state index contributed by atoms with van der Waals surface area (Å²) in [6.45, 7) is 0.00131. The molecular formula is C25H23N3O5. The highest BCUT2D eigenvalue weighted by Gasteiger charge is 2.20. The molecule has 168 valence electrons. The van der Waals surface area contributed by atoms with Crippen molar-refractivity contribution in [2.24, 2.45) is 0 Å². The zero-order valence-electron chi connectivity index (χ0n) is 18.0. The lowest BCUT2D eigenvalue weighted by Gasteiger charge is -2.19. The molecule has 3 aromatic carbocycles. The number of amides is 1. The summed E-state index contributed by atoms with van der Waals surface area (Å²) in [5.41, 5.74) is 2.90. The Morgan fingerprint density at radius 1 is 1.06 bits per heavy atom. The van der Waals surface area contributed by atoms with Gasteiger partial charge in [-0.2, -0.15) is 0 Å². The molecule has 0 aliphatic carbocycles. The van der Waals surface area contributed by atoms with Gasteiger partial charge in [-0.25, -0.2) is 0 Å². The van der Waals surface area contributed by atoms with Gasteiger partial charge >= 0.3 is 5.69 Å². The smallest absolute Gasteiger partial charge is 0.310 e. The van der Waals surface area contributed by atoms with E-state index in [1.807, 2.05) is 54.7 Å². The Kier molecular flexibility index (Phi) is 6.54. The average molecular weight is 445 g/mol. The third-order valence-electron chi connectivity index (χ3n) is 5.44. The van der Waals surface area contributed by atoms with Gasteiger partial charge in [0.1, 0.15) is 5.75 Å². The fourth-order valence-corrected chi connectivity index (χ4v) is 3.77. The molecule has 1 atom stereocenters. The van der Waals surface area contributed by atoms with E-state index in [2.05, 4.69) is 10.3 Å². The minimum atomic E-state index is -0.538. The van der Waals surface area contributed by atoms with Gasteiger partial charge in [0.05, 0.1) is 12.0 Å². The summed E-state index contributed by atoms with van der Waals surface area (Å²) >= 11 is 0. The molecule has 0 spiro atoms. The lowest BCUT2D eigenvalue weighted by Crippen LogP contribution is -2.32. The van der Waals surface area contributed by atoms with Crippen molar-refractivity contribution in [2.75, 3.05) is 20.3 Å². The Bertz CT molecular complexity index is 1270. The first kappa shape index (κ1) is 21.9. The van der Waals surface area contributed by atoms with Crippen LogP contribution in [-0.4, -0.2) is 36.1 Å². The number of fused-ring (bicyclic) bond motifs is 1. The molecule has 0 aliphatic heterocycles. The minimum Gasteiger partial charge on any atom is -0.497 e. The van der Waals surface area contributed by atoms with E-state index < -0.39 is 4.92 Å². The molecule has 8 nitrogen and oxygen atoms in total. The molecule has 2 N–H and O–H groups in total. The quantitative estimate of drug-likeness (QED) is 0.293. The number of para-hydroxylation sites is 3. The van der Waals surface area contributed by atoms with E-state index in [0.717, 1.165) is 27.8 Å². The summed E-state index contributed by atoms with van der Waals surface area (Å²) in [6, 6.07) is 21.7. The van der Waals surface area contributed by atoms with E-state index in [4.69, 9.17) is 9.47 Å². The van der Waals surface area contributed by atoms with E-state index in [0.29, 0.717) is 6.54 Å². The SMILES string of the molecule is COc1ccc(C(CNC(=O)COc2ccccc2[N+](=O)[O-])c2c[nH]c3ccccc23)cc1. The number of hydrogen-bond donors (Lipinski definition) is 2. The predicted molar refractivity (Wildman–Crippen MR) is 125 cm³/mol. The van der Waals surface area contributed by atoms with Crippen LogP contribution in [0.5, 0.6) is 11.5 Å².